The van der Waals surface area contributed by atoms with Crippen LogP contribution in [0.2, 0.25) is 0 Å². The van der Waals surface area contributed by atoms with Crippen LogP contribution < -0.4 is 10.1 Å². The zero-order chi connectivity index (χ0) is 24.4. The van der Waals surface area contributed by atoms with Gasteiger partial charge < -0.3 is 15.0 Å². The van der Waals surface area contributed by atoms with E-state index < -0.39 is 0 Å². The molecule has 0 spiro atoms. The lowest BCUT2D eigenvalue weighted by atomic mass is 9.85. The highest BCUT2D eigenvalue weighted by Gasteiger charge is 2.30. The molecule has 9 heteroatoms. The summed E-state index contributed by atoms with van der Waals surface area (Å²) in [6.07, 6.45) is 4.72. The maximum Gasteiger partial charge on any atom is 0.254 e. The quantitative estimate of drug-likeness (QED) is 0.536. The number of benzene rings is 1. The van der Waals surface area contributed by atoms with E-state index in [-0.39, 0.29) is 24.0 Å². The van der Waals surface area contributed by atoms with E-state index in [2.05, 4.69) is 20.6 Å². The van der Waals surface area contributed by atoms with Crippen molar-refractivity contribution in [2.45, 2.75) is 71.1 Å². The highest BCUT2D eigenvalue weighted by atomic mass is 16.5. The molecule has 1 aliphatic heterocycles. The summed E-state index contributed by atoms with van der Waals surface area (Å²) in [5, 5.41) is 16.0. The van der Waals surface area contributed by atoms with Crippen LogP contribution in [0.4, 0.5) is 0 Å². The minimum Gasteiger partial charge on any atom is -0.474 e. The molecule has 2 aromatic heterocycles. The van der Waals surface area contributed by atoms with Crippen molar-refractivity contribution in [1.29, 1.82) is 0 Å². The molecular weight excluding hydrogens is 444 g/mol. The lowest BCUT2D eigenvalue weighted by molar-refractivity contribution is -0.122. The maximum atomic E-state index is 12.6. The molecule has 2 amide bonds. The summed E-state index contributed by atoms with van der Waals surface area (Å²) in [6, 6.07) is 11.6. The van der Waals surface area contributed by atoms with Crippen LogP contribution in [0.25, 0.3) is 5.65 Å². The van der Waals surface area contributed by atoms with Crippen molar-refractivity contribution >= 4 is 17.5 Å². The molecular formula is C26H32N6O3. The lowest BCUT2D eigenvalue weighted by Gasteiger charge is -2.31. The van der Waals surface area contributed by atoms with Gasteiger partial charge in [-0.3, -0.25) is 9.59 Å². The molecule has 2 aliphatic rings. The lowest BCUT2D eigenvalue weighted by Crippen LogP contribution is -2.40. The van der Waals surface area contributed by atoms with Gasteiger partial charge in [-0.15, -0.1) is 15.3 Å². The van der Waals surface area contributed by atoms with Crippen LogP contribution in [0.5, 0.6) is 5.88 Å². The number of amides is 2. The molecule has 184 valence electrons. The Morgan fingerprint density at radius 1 is 1.11 bits per heavy atom. The van der Waals surface area contributed by atoms with Gasteiger partial charge in [0.25, 0.3) is 5.91 Å². The van der Waals surface area contributed by atoms with E-state index in [0.29, 0.717) is 42.7 Å². The predicted octanol–water partition coefficient (Wildman–Crippen LogP) is 3.18. The topological polar surface area (TPSA) is 102 Å². The Bertz CT molecular complexity index is 1210. The third-order valence-corrected chi connectivity index (χ3v) is 6.82. The average Bonchev–Trinajstić information content (AvgIpc) is 3.39. The second-order valence-electron chi connectivity index (χ2n) is 9.85. The Balaban J connectivity index is 1.07. The summed E-state index contributed by atoms with van der Waals surface area (Å²) in [4.78, 5) is 27.2. The zero-order valence-electron chi connectivity index (χ0n) is 20.3. The van der Waals surface area contributed by atoms with Crippen LogP contribution in [0.3, 0.4) is 0 Å². The molecule has 0 radical (unpaired) electrons. The first kappa shape index (κ1) is 23.3. The Morgan fingerprint density at radius 3 is 2.69 bits per heavy atom. The smallest absolute Gasteiger partial charge is 0.254 e. The first-order valence-electron chi connectivity index (χ1n) is 12.5. The molecule has 0 unspecified atom stereocenters. The van der Waals surface area contributed by atoms with Crippen LogP contribution >= 0.6 is 0 Å². The summed E-state index contributed by atoms with van der Waals surface area (Å²) >= 11 is 0. The fourth-order valence-corrected chi connectivity index (χ4v) is 5.06. The van der Waals surface area contributed by atoms with Crippen molar-refractivity contribution in [2.75, 3.05) is 6.54 Å². The van der Waals surface area contributed by atoms with Crippen LogP contribution in [0, 0.1) is 5.92 Å². The van der Waals surface area contributed by atoms with Crippen LogP contribution in [0.15, 0.2) is 36.4 Å². The summed E-state index contributed by atoms with van der Waals surface area (Å²) < 4.78 is 7.30. The van der Waals surface area contributed by atoms with E-state index in [4.69, 9.17) is 4.74 Å². The number of aromatic nitrogens is 4. The van der Waals surface area contributed by atoms with Gasteiger partial charge in [-0.05, 0) is 63.1 Å². The number of carbonyl (C=O) groups is 2. The van der Waals surface area contributed by atoms with Crippen molar-refractivity contribution in [3.63, 3.8) is 0 Å². The van der Waals surface area contributed by atoms with Gasteiger partial charge in [0.05, 0.1) is 6.10 Å². The molecule has 1 aliphatic carbocycles. The minimum atomic E-state index is 0.0185. The molecule has 35 heavy (non-hydrogen) atoms. The molecule has 0 saturated heterocycles. The SMILES string of the molecule is CC(C)Oc1ccc2nnc(CCC(=O)NC3CCC(CN4Cc5ccccc5C4=O)CC3)n2n1. The van der Waals surface area contributed by atoms with Gasteiger partial charge in [-0.2, -0.15) is 4.52 Å². The molecule has 1 aromatic carbocycles. The van der Waals surface area contributed by atoms with Crippen molar-refractivity contribution in [1.82, 2.24) is 30.0 Å². The van der Waals surface area contributed by atoms with Crippen molar-refractivity contribution < 1.29 is 14.3 Å². The largest absolute Gasteiger partial charge is 0.474 e. The first-order chi connectivity index (χ1) is 17.0. The minimum absolute atomic E-state index is 0.0185. The molecule has 1 fully saturated rings. The summed E-state index contributed by atoms with van der Waals surface area (Å²) in [5.41, 5.74) is 2.60. The van der Waals surface area contributed by atoms with Gasteiger partial charge in [0, 0.05) is 43.6 Å². The van der Waals surface area contributed by atoms with Crippen molar-refractivity contribution in [3.05, 3.63) is 53.3 Å². The number of ether oxygens (including phenoxy) is 1. The molecule has 3 aromatic rings. The van der Waals surface area contributed by atoms with Crippen molar-refractivity contribution in [3.8, 4) is 5.88 Å². The van der Waals surface area contributed by atoms with Gasteiger partial charge in [0.2, 0.25) is 11.8 Å². The number of nitrogens with zero attached hydrogens (tertiary/aromatic N) is 5. The third-order valence-electron chi connectivity index (χ3n) is 6.82. The van der Waals surface area contributed by atoms with Gasteiger partial charge in [0.1, 0.15) is 0 Å². The molecule has 3 heterocycles. The molecule has 5 rings (SSSR count). The predicted molar refractivity (Wildman–Crippen MR) is 130 cm³/mol. The number of carbonyl (C=O) groups excluding carboxylic acids is 2. The second-order valence-corrected chi connectivity index (χ2v) is 9.85. The molecule has 1 saturated carbocycles. The van der Waals surface area contributed by atoms with Crippen LogP contribution in [-0.2, 0) is 17.8 Å². The normalized spacial score (nSPS) is 19.9. The van der Waals surface area contributed by atoms with Crippen LogP contribution in [0.1, 0.15) is 67.7 Å². The fraction of sp³-hybridized carbons (Fsp3) is 0.500. The summed E-state index contributed by atoms with van der Waals surface area (Å²) in [6.45, 7) is 5.40. The number of hydrogen-bond acceptors (Lipinski definition) is 6. The van der Waals surface area contributed by atoms with Gasteiger partial charge >= 0.3 is 0 Å². The van der Waals surface area contributed by atoms with Crippen molar-refractivity contribution in [2.24, 2.45) is 5.92 Å². The molecule has 9 nitrogen and oxygen atoms in total. The number of nitrogens with one attached hydrogen (secondary N) is 1. The molecule has 1 N–H and O–H groups in total. The van der Waals surface area contributed by atoms with Gasteiger partial charge in [0.15, 0.2) is 11.5 Å². The number of aryl methyl sites for hydroxylation is 1. The number of hydrogen-bond donors (Lipinski definition) is 1. The monoisotopic (exact) mass is 476 g/mol. The van der Waals surface area contributed by atoms with E-state index in [1.165, 1.54) is 0 Å². The number of fused-ring (bicyclic) bond motifs is 2. The van der Waals surface area contributed by atoms with E-state index >= 15 is 0 Å². The highest BCUT2D eigenvalue weighted by molar-refractivity contribution is 5.98. The Kier molecular flexibility index (Phi) is 6.66. The van der Waals surface area contributed by atoms with Gasteiger partial charge in [-0.25, -0.2) is 0 Å². The Morgan fingerprint density at radius 2 is 1.91 bits per heavy atom. The van der Waals surface area contributed by atoms with E-state index in [1.54, 1.807) is 10.6 Å². The third kappa shape index (κ3) is 5.28. The van der Waals surface area contributed by atoms with Crippen LogP contribution in [-0.4, -0.2) is 55.2 Å². The first-order valence-corrected chi connectivity index (χ1v) is 12.5. The summed E-state index contributed by atoms with van der Waals surface area (Å²) in [5.74, 6) is 1.80. The maximum absolute atomic E-state index is 12.6. The van der Waals surface area contributed by atoms with E-state index in [0.717, 1.165) is 43.4 Å². The molecule has 0 atom stereocenters. The standard InChI is InChI=1S/C26H32N6O3/c1-17(2)35-25-14-12-23-29-28-22(32(23)30-25)11-13-24(33)27-20-9-7-18(8-10-20)15-31-16-19-5-3-4-6-21(19)26(31)34/h3-6,12,14,17-18,20H,7-11,13,15-16H2,1-2H3,(H,27,33). The summed E-state index contributed by atoms with van der Waals surface area (Å²) in [7, 11) is 0. The highest BCUT2D eigenvalue weighted by Crippen LogP contribution is 2.29. The Labute approximate surface area is 204 Å². The molecule has 0 bridgehead atoms. The Hall–Kier alpha value is -3.49. The van der Waals surface area contributed by atoms with Gasteiger partial charge in [-0.1, -0.05) is 18.2 Å². The fourth-order valence-electron chi connectivity index (χ4n) is 5.06. The van der Waals surface area contributed by atoms with E-state index in [9.17, 15) is 9.59 Å². The van der Waals surface area contributed by atoms with E-state index in [1.807, 2.05) is 49.1 Å². The number of rotatable bonds is 8. The zero-order valence-corrected chi connectivity index (χ0v) is 20.3. The second kappa shape index (κ2) is 10.0. The average molecular weight is 477 g/mol.